The van der Waals surface area contributed by atoms with E-state index in [0.29, 0.717) is 6.61 Å². The summed E-state index contributed by atoms with van der Waals surface area (Å²) in [4.78, 5) is 15.1. The number of aromatic nitrogens is 2. The Labute approximate surface area is 135 Å². The first kappa shape index (κ1) is 14.5. The molecule has 2 atom stereocenters. The third kappa shape index (κ3) is 2.45. The van der Waals surface area contributed by atoms with E-state index in [1.807, 2.05) is 18.1 Å². The Morgan fingerprint density at radius 2 is 2.26 bits per heavy atom. The number of ether oxygens (including phenoxy) is 1. The van der Waals surface area contributed by atoms with E-state index in [4.69, 9.17) is 4.74 Å². The molecular formula is C18H21N3O2. The summed E-state index contributed by atoms with van der Waals surface area (Å²) in [5.41, 5.74) is 4.52. The van der Waals surface area contributed by atoms with Crippen molar-refractivity contribution < 1.29 is 9.53 Å². The molecule has 0 spiro atoms. The predicted octanol–water partition coefficient (Wildman–Crippen LogP) is 2.40. The molecule has 4 rings (SSSR count). The van der Waals surface area contributed by atoms with Gasteiger partial charge in [-0.1, -0.05) is 12.1 Å². The molecule has 1 fully saturated rings. The van der Waals surface area contributed by atoms with E-state index >= 15 is 0 Å². The van der Waals surface area contributed by atoms with Crippen molar-refractivity contribution in [1.29, 1.82) is 0 Å². The third-order valence-electron chi connectivity index (χ3n) is 4.86. The first-order valence-electron chi connectivity index (χ1n) is 8.14. The molecule has 5 nitrogen and oxygen atoms in total. The third-order valence-corrected chi connectivity index (χ3v) is 4.86. The van der Waals surface area contributed by atoms with Crippen LogP contribution < -0.4 is 4.90 Å². The minimum Gasteiger partial charge on any atom is -0.373 e. The van der Waals surface area contributed by atoms with Crippen LogP contribution in [0.4, 0.5) is 5.69 Å². The highest BCUT2D eigenvalue weighted by molar-refractivity contribution is 5.97. The van der Waals surface area contributed by atoms with E-state index in [2.05, 4.69) is 30.2 Å². The van der Waals surface area contributed by atoms with Gasteiger partial charge in [0.15, 0.2) is 0 Å². The number of benzene rings is 1. The lowest BCUT2D eigenvalue weighted by Gasteiger charge is -2.24. The number of hydrogen-bond acceptors (Lipinski definition) is 3. The van der Waals surface area contributed by atoms with Crippen LogP contribution in [0.2, 0.25) is 0 Å². The molecule has 0 N–H and O–H groups in total. The van der Waals surface area contributed by atoms with Crippen molar-refractivity contribution in [2.75, 3.05) is 18.1 Å². The normalized spacial score (nSPS) is 23.3. The van der Waals surface area contributed by atoms with Crippen LogP contribution in [0.3, 0.4) is 0 Å². The highest BCUT2D eigenvalue weighted by Gasteiger charge is 2.40. The van der Waals surface area contributed by atoms with Crippen LogP contribution in [0.1, 0.15) is 29.2 Å². The molecule has 23 heavy (non-hydrogen) atoms. The van der Waals surface area contributed by atoms with Gasteiger partial charge in [-0.05, 0) is 37.0 Å². The van der Waals surface area contributed by atoms with E-state index in [1.54, 1.807) is 10.9 Å². The number of aryl methyl sites for hydroxylation is 2. The van der Waals surface area contributed by atoms with E-state index < -0.39 is 0 Å². The minimum atomic E-state index is -0.176. The Bertz CT molecular complexity index is 752. The molecule has 1 aromatic carbocycles. The quantitative estimate of drug-likeness (QED) is 0.855. The fourth-order valence-corrected chi connectivity index (χ4v) is 3.68. The van der Waals surface area contributed by atoms with Gasteiger partial charge in [-0.2, -0.15) is 5.10 Å². The van der Waals surface area contributed by atoms with Crippen molar-refractivity contribution in [2.45, 2.75) is 25.9 Å². The van der Waals surface area contributed by atoms with E-state index in [9.17, 15) is 4.79 Å². The molecule has 5 heteroatoms. The molecule has 3 heterocycles. The number of rotatable bonds is 2. The number of amides is 1. The van der Waals surface area contributed by atoms with Gasteiger partial charge >= 0.3 is 0 Å². The molecular weight excluding hydrogens is 290 g/mol. The molecule has 1 saturated heterocycles. The topological polar surface area (TPSA) is 47.4 Å². The maximum atomic E-state index is 13.1. The highest BCUT2D eigenvalue weighted by Crippen LogP contribution is 2.38. The second-order valence-corrected chi connectivity index (χ2v) is 6.51. The molecule has 0 bridgehead atoms. The van der Waals surface area contributed by atoms with Gasteiger partial charge in [0.2, 0.25) is 5.91 Å². The van der Waals surface area contributed by atoms with Crippen molar-refractivity contribution in [3.8, 4) is 0 Å². The van der Waals surface area contributed by atoms with E-state index in [-0.39, 0.29) is 17.9 Å². The van der Waals surface area contributed by atoms with Gasteiger partial charge in [0.25, 0.3) is 0 Å². The lowest BCUT2D eigenvalue weighted by Crippen LogP contribution is -2.36. The summed E-state index contributed by atoms with van der Waals surface area (Å²) in [6.07, 6.45) is 5.28. The number of carbonyl (C=O) groups is 1. The maximum absolute atomic E-state index is 13.1. The van der Waals surface area contributed by atoms with Crippen LogP contribution in [0.5, 0.6) is 0 Å². The largest absolute Gasteiger partial charge is 0.373 e. The van der Waals surface area contributed by atoms with Gasteiger partial charge in [0.1, 0.15) is 0 Å². The molecule has 0 radical (unpaired) electrons. The van der Waals surface area contributed by atoms with Crippen LogP contribution in [0.15, 0.2) is 30.6 Å². The van der Waals surface area contributed by atoms with Crippen molar-refractivity contribution in [1.82, 2.24) is 9.78 Å². The molecule has 2 aliphatic rings. The summed E-state index contributed by atoms with van der Waals surface area (Å²) in [5, 5.41) is 4.21. The number of fused-ring (bicyclic) bond motifs is 1. The van der Waals surface area contributed by atoms with Crippen LogP contribution in [-0.2, 0) is 23.0 Å². The summed E-state index contributed by atoms with van der Waals surface area (Å²) in [5.74, 6) is 0.0614. The Balaban J connectivity index is 1.61. The predicted molar refractivity (Wildman–Crippen MR) is 87.2 cm³/mol. The number of anilines is 1. The highest BCUT2D eigenvalue weighted by atomic mass is 16.5. The number of hydrogen-bond donors (Lipinski definition) is 0. The zero-order valence-corrected chi connectivity index (χ0v) is 13.5. The monoisotopic (exact) mass is 311 g/mol. The standard InChI is InChI=1S/C18H21N3O2/c1-12-3-4-13-5-7-21(16(13)9-12)18(22)15-6-8-23-17(15)14-10-19-20(2)11-14/h3-4,9-11,15,17H,5-8H2,1-2H3/t15-,17+/m0/s1. The molecule has 2 aromatic rings. The maximum Gasteiger partial charge on any atom is 0.233 e. The Hall–Kier alpha value is -2.14. The average molecular weight is 311 g/mol. The minimum absolute atomic E-state index is 0.120. The van der Waals surface area contributed by atoms with Gasteiger partial charge in [0.05, 0.1) is 18.2 Å². The summed E-state index contributed by atoms with van der Waals surface area (Å²) >= 11 is 0. The van der Waals surface area contributed by atoms with Crippen LogP contribution in [0.25, 0.3) is 0 Å². The fourth-order valence-electron chi connectivity index (χ4n) is 3.68. The molecule has 0 aliphatic carbocycles. The zero-order valence-electron chi connectivity index (χ0n) is 13.5. The molecule has 0 saturated carbocycles. The van der Waals surface area contributed by atoms with Gasteiger partial charge < -0.3 is 9.64 Å². The summed E-state index contributed by atoms with van der Waals surface area (Å²) < 4.78 is 7.61. The van der Waals surface area contributed by atoms with Crippen molar-refractivity contribution in [2.24, 2.45) is 13.0 Å². The number of carbonyl (C=O) groups excluding carboxylic acids is 1. The Morgan fingerprint density at radius 1 is 1.39 bits per heavy atom. The van der Waals surface area contributed by atoms with Crippen molar-refractivity contribution >= 4 is 11.6 Å². The molecule has 1 aromatic heterocycles. The first-order valence-corrected chi connectivity index (χ1v) is 8.14. The first-order chi connectivity index (χ1) is 11.1. The molecule has 2 aliphatic heterocycles. The van der Waals surface area contributed by atoms with Crippen LogP contribution in [-0.4, -0.2) is 28.8 Å². The van der Waals surface area contributed by atoms with Crippen LogP contribution >= 0.6 is 0 Å². The van der Waals surface area contributed by atoms with Gasteiger partial charge in [0, 0.05) is 37.6 Å². The summed E-state index contributed by atoms with van der Waals surface area (Å²) in [7, 11) is 1.88. The lowest BCUT2D eigenvalue weighted by atomic mass is 9.95. The SMILES string of the molecule is Cc1ccc2c(c1)N(C(=O)[C@H]1CCO[C@@H]1c1cnn(C)c1)CC2. The Kier molecular flexibility index (Phi) is 3.45. The Morgan fingerprint density at radius 3 is 3.04 bits per heavy atom. The van der Waals surface area contributed by atoms with Crippen molar-refractivity contribution in [3.63, 3.8) is 0 Å². The molecule has 1 amide bonds. The second kappa shape index (κ2) is 5.49. The van der Waals surface area contributed by atoms with Gasteiger partial charge in [-0.3, -0.25) is 9.48 Å². The molecule has 120 valence electrons. The second-order valence-electron chi connectivity index (χ2n) is 6.51. The molecule has 0 unspecified atom stereocenters. The van der Waals surface area contributed by atoms with E-state index in [1.165, 1.54) is 11.1 Å². The number of nitrogens with zero attached hydrogens (tertiary/aromatic N) is 3. The van der Waals surface area contributed by atoms with Crippen LogP contribution in [0, 0.1) is 12.8 Å². The summed E-state index contributed by atoms with van der Waals surface area (Å²) in [6.45, 7) is 3.47. The fraction of sp³-hybridized carbons (Fsp3) is 0.444. The van der Waals surface area contributed by atoms with Crippen molar-refractivity contribution in [3.05, 3.63) is 47.3 Å². The van der Waals surface area contributed by atoms with Gasteiger partial charge in [-0.15, -0.1) is 0 Å². The smallest absolute Gasteiger partial charge is 0.233 e. The summed E-state index contributed by atoms with van der Waals surface area (Å²) in [6, 6.07) is 6.38. The van der Waals surface area contributed by atoms with Gasteiger partial charge in [-0.25, -0.2) is 0 Å². The lowest BCUT2D eigenvalue weighted by molar-refractivity contribution is -0.124. The zero-order chi connectivity index (χ0) is 16.0. The van der Waals surface area contributed by atoms with E-state index in [0.717, 1.165) is 30.6 Å². The average Bonchev–Trinajstić information content (AvgIpc) is 3.24.